The number of hydrogen-bond acceptors (Lipinski definition) is 3. The van der Waals surface area contributed by atoms with Gasteiger partial charge >= 0.3 is 5.97 Å². The van der Waals surface area contributed by atoms with Crippen LogP contribution in [0, 0.1) is 6.92 Å². The Hall–Kier alpha value is -1.88. The summed E-state index contributed by atoms with van der Waals surface area (Å²) in [4.78, 5) is 15.4. The molecular weight excluding hydrogens is 208 g/mol. The maximum Gasteiger partial charge on any atom is 0.354 e. The fraction of sp³-hybridized carbons (Fsp3) is 0.273. The highest BCUT2D eigenvalue weighted by molar-refractivity contribution is 5.88. The van der Waals surface area contributed by atoms with Crippen LogP contribution in [-0.4, -0.2) is 27.6 Å². The van der Waals surface area contributed by atoms with Crippen LogP contribution in [0.25, 0.3) is 5.65 Å². The summed E-state index contributed by atoms with van der Waals surface area (Å²) >= 11 is 0. The lowest BCUT2D eigenvalue weighted by molar-refractivity contribution is 0.0683. The van der Waals surface area contributed by atoms with Crippen LogP contribution >= 0.6 is 0 Å². The van der Waals surface area contributed by atoms with Crippen molar-refractivity contribution in [2.24, 2.45) is 0 Å². The standard InChI is InChI=1S/C11H12N2O3/c1-7-4-3-5-9-12-8(6-16-2)10(11(14)15)13(7)9/h3-5H,6H2,1-2H3,(H,14,15). The highest BCUT2D eigenvalue weighted by Gasteiger charge is 2.18. The van der Waals surface area contributed by atoms with Gasteiger partial charge in [-0.05, 0) is 19.1 Å². The van der Waals surface area contributed by atoms with Gasteiger partial charge < -0.3 is 9.84 Å². The van der Waals surface area contributed by atoms with Crippen molar-refractivity contribution in [2.45, 2.75) is 13.5 Å². The Kier molecular flexibility index (Phi) is 2.62. The minimum Gasteiger partial charge on any atom is -0.477 e. The SMILES string of the molecule is COCc1nc2cccc(C)n2c1C(=O)O. The van der Waals surface area contributed by atoms with Crippen LogP contribution < -0.4 is 0 Å². The number of fused-ring (bicyclic) bond motifs is 1. The molecule has 5 nitrogen and oxygen atoms in total. The lowest BCUT2D eigenvalue weighted by atomic mass is 10.3. The monoisotopic (exact) mass is 220 g/mol. The summed E-state index contributed by atoms with van der Waals surface area (Å²) in [6.45, 7) is 2.04. The minimum absolute atomic E-state index is 0.176. The van der Waals surface area contributed by atoms with Gasteiger partial charge in [-0.25, -0.2) is 9.78 Å². The first-order valence-electron chi connectivity index (χ1n) is 4.84. The van der Waals surface area contributed by atoms with Gasteiger partial charge in [-0.3, -0.25) is 4.40 Å². The van der Waals surface area contributed by atoms with Gasteiger partial charge in [0.15, 0.2) is 5.69 Å². The van der Waals surface area contributed by atoms with E-state index in [2.05, 4.69) is 4.98 Å². The maximum atomic E-state index is 11.2. The molecule has 0 unspecified atom stereocenters. The largest absolute Gasteiger partial charge is 0.477 e. The number of methoxy groups -OCH3 is 1. The first-order valence-corrected chi connectivity index (χ1v) is 4.84. The van der Waals surface area contributed by atoms with E-state index >= 15 is 0 Å². The van der Waals surface area contributed by atoms with Crippen molar-refractivity contribution in [3.8, 4) is 0 Å². The number of aromatic carboxylic acids is 1. The van der Waals surface area contributed by atoms with Gasteiger partial charge in [0.1, 0.15) is 11.3 Å². The molecule has 0 atom stereocenters. The van der Waals surface area contributed by atoms with E-state index in [4.69, 9.17) is 4.74 Å². The van der Waals surface area contributed by atoms with E-state index < -0.39 is 5.97 Å². The van der Waals surface area contributed by atoms with Crippen molar-refractivity contribution in [1.29, 1.82) is 0 Å². The number of carboxylic acid groups (broad SMARTS) is 1. The van der Waals surface area contributed by atoms with E-state index in [1.54, 1.807) is 10.5 Å². The molecule has 0 aliphatic carbocycles. The maximum absolute atomic E-state index is 11.2. The zero-order chi connectivity index (χ0) is 11.7. The first kappa shape index (κ1) is 10.6. The molecule has 0 aliphatic heterocycles. The van der Waals surface area contributed by atoms with E-state index in [-0.39, 0.29) is 12.3 Å². The number of ether oxygens (including phenoxy) is 1. The minimum atomic E-state index is -0.992. The van der Waals surface area contributed by atoms with Gasteiger partial charge in [-0.15, -0.1) is 0 Å². The molecule has 1 N–H and O–H groups in total. The fourth-order valence-corrected chi connectivity index (χ4v) is 1.76. The normalized spacial score (nSPS) is 10.9. The van der Waals surface area contributed by atoms with Crippen LogP contribution in [0.4, 0.5) is 0 Å². The average Bonchev–Trinajstić information content (AvgIpc) is 2.58. The number of pyridine rings is 1. The number of aromatic nitrogens is 2. The number of carbonyl (C=O) groups is 1. The summed E-state index contributed by atoms with van der Waals surface area (Å²) in [6.07, 6.45) is 0. The van der Waals surface area contributed by atoms with Gasteiger partial charge in [0.2, 0.25) is 0 Å². The Bertz CT molecular complexity index is 545. The number of rotatable bonds is 3. The topological polar surface area (TPSA) is 63.8 Å². The molecule has 2 aromatic heterocycles. The van der Waals surface area contributed by atoms with Crippen molar-refractivity contribution in [3.05, 3.63) is 35.3 Å². The first-order chi connectivity index (χ1) is 7.65. The number of hydrogen-bond donors (Lipinski definition) is 1. The summed E-state index contributed by atoms with van der Waals surface area (Å²) in [5, 5.41) is 9.19. The summed E-state index contributed by atoms with van der Waals surface area (Å²) in [5.41, 5.74) is 2.09. The second-order valence-corrected chi connectivity index (χ2v) is 3.51. The molecule has 84 valence electrons. The molecule has 0 saturated heterocycles. The van der Waals surface area contributed by atoms with Crippen molar-refractivity contribution in [3.63, 3.8) is 0 Å². The molecular formula is C11H12N2O3. The molecule has 0 fully saturated rings. The molecule has 0 amide bonds. The molecule has 2 heterocycles. The molecule has 0 bridgehead atoms. The number of aryl methyl sites for hydroxylation is 1. The predicted molar refractivity (Wildman–Crippen MR) is 57.6 cm³/mol. The lowest BCUT2D eigenvalue weighted by Crippen LogP contribution is -2.07. The van der Waals surface area contributed by atoms with E-state index in [0.29, 0.717) is 11.3 Å². The summed E-state index contributed by atoms with van der Waals surface area (Å²) in [6, 6.07) is 5.47. The van der Waals surface area contributed by atoms with Gasteiger partial charge in [0.25, 0.3) is 0 Å². The highest BCUT2D eigenvalue weighted by Crippen LogP contribution is 2.16. The number of imidazole rings is 1. The summed E-state index contributed by atoms with van der Waals surface area (Å²) in [5.74, 6) is -0.992. The third-order valence-electron chi connectivity index (χ3n) is 2.39. The Morgan fingerprint density at radius 2 is 2.31 bits per heavy atom. The summed E-state index contributed by atoms with van der Waals surface area (Å²) in [7, 11) is 1.52. The second-order valence-electron chi connectivity index (χ2n) is 3.51. The van der Waals surface area contributed by atoms with Crippen molar-refractivity contribution < 1.29 is 14.6 Å². The Balaban J connectivity index is 2.77. The fourth-order valence-electron chi connectivity index (χ4n) is 1.76. The molecule has 0 saturated carbocycles. The van der Waals surface area contributed by atoms with Gasteiger partial charge in [-0.2, -0.15) is 0 Å². The molecule has 2 rings (SSSR count). The van der Waals surface area contributed by atoms with Crippen molar-refractivity contribution in [2.75, 3.05) is 7.11 Å². The van der Waals surface area contributed by atoms with E-state index in [0.717, 1.165) is 5.69 Å². The Labute approximate surface area is 92.3 Å². The van der Waals surface area contributed by atoms with E-state index in [1.165, 1.54) is 7.11 Å². The smallest absolute Gasteiger partial charge is 0.354 e. The van der Waals surface area contributed by atoms with E-state index in [9.17, 15) is 9.90 Å². The molecule has 5 heteroatoms. The third-order valence-corrected chi connectivity index (χ3v) is 2.39. The number of nitrogens with zero attached hydrogens (tertiary/aromatic N) is 2. The Morgan fingerprint density at radius 1 is 1.56 bits per heavy atom. The van der Waals surface area contributed by atoms with Crippen LogP contribution in [0.3, 0.4) is 0 Å². The molecule has 2 aromatic rings. The van der Waals surface area contributed by atoms with Crippen LogP contribution in [-0.2, 0) is 11.3 Å². The molecule has 0 radical (unpaired) electrons. The van der Waals surface area contributed by atoms with Gasteiger partial charge in [-0.1, -0.05) is 6.07 Å². The third kappa shape index (κ3) is 1.55. The van der Waals surface area contributed by atoms with Crippen LogP contribution in [0.1, 0.15) is 21.9 Å². The van der Waals surface area contributed by atoms with Crippen LogP contribution in [0.5, 0.6) is 0 Å². The van der Waals surface area contributed by atoms with Gasteiger partial charge in [0.05, 0.1) is 6.61 Å². The Morgan fingerprint density at radius 3 is 2.94 bits per heavy atom. The lowest BCUT2D eigenvalue weighted by Gasteiger charge is -2.02. The van der Waals surface area contributed by atoms with Gasteiger partial charge in [0, 0.05) is 12.8 Å². The molecule has 16 heavy (non-hydrogen) atoms. The summed E-state index contributed by atoms with van der Waals surface area (Å²) < 4.78 is 6.57. The molecule has 0 aliphatic rings. The zero-order valence-corrected chi connectivity index (χ0v) is 9.10. The zero-order valence-electron chi connectivity index (χ0n) is 9.10. The van der Waals surface area contributed by atoms with Crippen LogP contribution in [0.15, 0.2) is 18.2 Å². The highest BCUT2D eigenvalue weighted by atomic mass is 16.5. The van der Waals surface area contributed by atoms with Crippen molar-refractivity contribution in [1.82, 2.24) is 9.38 Å². The predicted octanol–water partition coefficient (Wildman–Crippen LogP) is 1.49. The average molecular weight is 220 g/mol. The number of carboxylic acids is 1. The quantitative estimate of drug-likeness (QED) is 0.851. The van der Waals surface area contributed by atoms with E-state index in [1.807, 2.05) is 19.1 Å². The molecule has 0 spiro atoms. The van der Waals surface area contributed by atoms with Crippen LogP contribution in [0.2, 0.25) is 0 Å². The second kappa shape index (κ2) is 3.94. The molecule has 0 aromatic carbocycles. The van der Waals surface area contributed by atoms with Crippen molar-refractivity contribution >= 4 is 11.6 Å².